The lowest BCUT2D eigenvalue weighted by Crippen LogP contribution is -2.42. The normalized spacial score (nSPS) is 27.8. The Morgan fingerprint density at radius 1 is 1.45 bits per heavy atom. The van der Waals surface area contributed by atoms with E-state index >= 15 is 0 Å². The lowest BCUT2D eigenvalue weighted by Gasteiger charge is -2.34. The fraction of sp³-hybridized carbons (Fsp3) is 0.800. The molecular formula is C15H25N3OS. The standard InChI is InChI=1S/C15H25N3OS/c1-15(2,3)13-12(7-16)20-14(17-13)11-8-18-6-4-5-10(18)9-19-11/h10-11H,4-9,16H2,1-3H3. The number of rotatable bonds is 2. The van der Waals surface area contributed by atoms with Gasteiger partial charge in [0.05, 0.1) is 12.3 Å². The third kappa shape index (κ3) is 2.64. The molecule has 0 bridgehead atoms. The Morgan fingerprint density at radius 3 is 2.90 bits per heavy atom. The van der Waals surface area contributed by atoms with E-state index in [-0.39, 0.29) is 11.5 Å². The van der Waals surface area contributed by atoms with Crippen LogP contribution in [0.15, 0.2) is 0 Å². The summed E-state index contributed by atoms with van der Waals surface area (Å²) in [6.07, 6.45) is 2.72. The molecule has 1 aromatic heterocycles. The molecule has 0 aliphatic carbocycles. The van der Waals surface area contributed by atoms with Crippen LogP contribution >= 0.6 is 11.3 Å². The van der Waals surface area contributed by atoms with Crippen molar-refractivity contribution >= 4 is 11.3 Å². The van der Waals surface area contributed by atoms with Gasteiger partial charge in [-0.1, -0.05) is 20.8 Å². The van der Waals surface area contributed by atoms with E-state index in [0.717, 1.165) is 23.9 Å². The lowest BCUT2D eigenvalue weighted by atomic mass is 9.91. The largest absolute Gasteiger partial charge is 0.368 e. The minimum Gasteiger partial charge on any atom is -0.368 e. The van der Waals surface area contributed by atoms with Crippen molar-refractivity contribution in [3.05, 3.63) is 15.6 Å². The molecule has 2 unspecified atom stereocenters. The van der Waals surface area contributed by atoms with Crippen LogP contribution in [0.1, 0.15) is 55.3 Å². The van der Waals surface area contributed by atoms with Gasteiger partial charge in [0, 0.05) is 29.4 Å². The van der Waals surface area contributed by atoms with E-state index in [1.165, 1.54) is 24.3 Å². The fourth-order valence-electron chi connectivity index (χ4n) is 3.20. The van der Waals surface area contributed by atoms with Crippen LogP contribution < -0.4 is 5.73 Å². The molecule has 0 aromatic carbocycles. The predicted octanol–water partition coefficient (Wildman–Crippen LogP) is 2.44. The molecular weight excluding hydrogens is 270 g/mol. The summed E-state index contributed by atoms with van der Waals surface area (Å²) in [5, 5.41) is 1.11. The van der Waals surface area contributed by atoms with E-state index < -0.39 is 0 Å². The highest BCUT2D eigenvalue weighted by Gasteiger charge is 2.35. The van der Waals surface area contributed by atoms with E-state index in [1.807, 2.05) is 0 Å². The van der Waals surface area contributed by atoms with Crippen molar-refractivity contribution in [1.82, 2.24) is 9.88 Å². The molecule has 2 N–H and O–H groups in total. The van der Waals surface area contributed by atoms with Gasteiger partial charge in [0.15, 0.2) is 0 Å². The zero-order valence-electron chi connectivity index (χ0n) is 12.7. The van der Waals surface area contributed by atoms with Crippen LogP contribution in [-0.4, -0.2) is 35.6 Å². The third-order valence-electron chi connectivity index (χ3n) is 4.27. The highest BCUT2D eigenvalue weighted by molar-refractivity contribution is 7.11. The second kappa shape index (κ2) is 5.37. The molecule has 2 aliphatic heterocycles. The van der Waals surface area contributed by atoms with Gasteiger partial charge in [0.2, 0.25) is 0 Å². The van der Waals surface area contributed by atoms with E-state index in [1.54, 1.807) is 11.3 Å². The van der Waals surface area contributed by atoms with Gasteiger partial charge in [-0.2, -0.15) is 0 Å². The smallest absolute Gasteiger partial charge is 0.123 e. The molecule has 1 aromatic rings. The summed E-state index contributed by atoms with van der Waals surface area (Å²) in [6, 6.07) is 0.641. The summed E-state index contributed by atoms with van der Waals surface area (Å²) in [6.45, 7) is 10.2. The van der Waals surface area contributed by atoms with E-state index in [0.29, 0.717) is 12.6 Å². The molecule has 5 heteroatoms. The van der Waals surface area contributed by atoms with Crippen LogP contribution in [0.4, 0.5) is 0 Å². The molecule has 112 valence electrons. The van der Waals surface area contributed by atoms with Gasteiger partial charge in [-0.15, -0.1) is 11.3 Å². The number of thiazole rings is 1. The van der Waals surface area contributed by atoms with Crippen molar-refractivity contribution in [2.45, 2.75) is 57.7 Å². The van der Waals surface area contributed by atoms with Crippen LogP contribution in [0.3, 0.4) is 0 Å². The Kier molecular flexibility index (Phi) is 3.88. The van der Waals surface area contributed by atoms with Crippen LogP contribution in [0.25, 0.3) is 0 Å². The maximum absolute atomic E-state index is 6.07. The maximum atomic E-state index is 6.07. The summed E-state index contributed by atoms with van der Waals surface area (Å²) in [5.74, 6) is 0. The van der Waals surface area contributed by atoms with Crippen molar-refractivity contribution < 1.29 is 4.74 Å². The van der Waals surface area contributed by atoms with Crippen molar-refractivity contribution in [2.75, 3.05) is 19.7 Å². The molecule has 4 nitrogen and oxygen atoms in total. The number of nitrogens with zero attached hydrogens (tertiary/aromatic N) is 2. The maximum Gasteiger partial charge on any atom is 0.123 e. The number of hydrogen-bond donors (Lipinski definition) is 1. The molecule has 0 radical (unpaired) electrons. The molecule has 2 saturated heterocycles. The second-order valence-electron chi connectivity index (χ2n) is 6.89. The quantitative estimate of drug-likeness (QED) is 0.910. The van der Waals surface area contributed by atoms with Crippen molar-refractivity contribution in [3.63, 3.8) is 0 Å². The summed E-state index contributed by atoms with van der Waals surface area (Å²) < 4.78 is 6.07. The first-order valence-corrected chi connectivity index (χ1v) is 8.36. The monoisotopic (exact) mass is 295 g/mol. The summed E-state index contributed by atoms with van der Waals surface area (Å²) in [7, 11) is 0. The van der Waals surface area contributed by atoms with Crippen LogP contribution in [0.5, 0.6) is 0 Å². The lowest BCUT2D eigenvalue weighted by molar-refractivity contribution is -0.0503. The Bertz CT molecular complexity index is 480. The Balaban J connectivity index is 1.82. The van der Waals surface area contributed by atoms with Gasteiger partial charge >= 0.3 is 0 Å². The minimum absolute atomic E-state index is 0.0499. The summed E-state index contributed by atoms with van der Waals surface area (Å²) in [5.41, 5.74) is 7.09. The Hall–Kier alpha value is -0.490. The van der Waals surface area contributed by atoms with Gasteiger partial charge in [0.1, 0.15) is 11.1 Å². The highest BCUT2D eigenvalue weighted by Crippen LogP contribution is 2.36. The average Bonchev–Trinajstić information content (AvgIpc) is 3.03. The molecule has 0 amide bonds. The minimum atomic E-state index is 0.0499. The Labute approximate surface area is 125 Å². The van der Waals surface area contributed by atoms with Gasteiger partial charge < -0.3 is 10.5 Å². The molecule has 0 saturated carbocycles. The van der Waals surface area contributed by atoms with E-state index in [9.17, 15) is 0 Å². The number of aromatic nitrogens is 1. The van der Waals surface area contributed by atoms with Crippen molar-refractivity contribution in [1.29, 1.82) is 0 Å². The van der Waals surface area contributed by atoms with Crippen LogP contribution in [0.2, 0.25) is 0 Å². The molecule has 2 fully saturated rings. The van der Waals surface area contributed by atoms with Gasteiger partial charge in [-0.25, -0.2) is 4.98 Å². The van der Waals surface area contributed by atoms with Gasteiger partial charge in [-0.05, 0) is 19.4 Å². The van der Waals surface area contributed by atoms with Gasteiger partial charge in [-0.3, -0.25) is 4.90 Å². The molecule has 2 atom stereocenters. The van der Waals surface area contributed by atoms with E-state index in [2.05, 4.69) is 25.7 Å². The zero-order valence-corrected chi connectivity index (χ0v) is 13.5. The predicted molar refractivity (Wildman–Crippen MR) is 82.0 cm³/mol. The first-order chi connectivity index (χ1) is 9.49. The first kappa shape index (κ1) is 14.4. The number of fused-ring (bicyclic) bond motifs is 1. The van der Waals surface area contributed by atoms with Crippen molar-refractivity contribution in [2.24, 2.45) is 5.73 Å². The zero-order chi connectivity index (χ0) is 14.3. The molecule has 3 rings (SSSR count). The molecule has 0 spiro atoms. The SMILES string of the molecule is CC(C)(C)c1nc(C2CN3CCCC3CO2)sc1CN. The third-order valence-corrected chi connectivity index (χ3v) is 5.44. The average molecular weight is 295 g/mol. The number of ether oxygens (including phenoxy) is 1. The van der Waals surface area contributed by atoms with E-state index in [4.69, 9.17) is 15.5 Å². The molecule has 20 heavy (non-hydrogen) atoms. The van der Waals surface area contributed by atoms with Crippen molar-refractivity contribution in [3.8, 4) is 0 Å². The number of hydrogen-bond acceptors (Lipinski definition) is 5. The fourth-order valence-corrected chi connectivity index (χ4v) is 4.39. The first-order valence-electron chi connectivity index (χ1n) is 7.55. The van der Waals surface area contributed by atoms with Crippen LogP contribution in [-0.2, 0) is 16.7 Å². The topological polar surface area (TPSA) is 51.4 Å². The number of nitrogens with two attached hydrogens (primary N) is 1. The number of morpholine rings is 1. The van der Waals surface area contributed by atoms with Crippen LogP contribution in [0, 0.1) is 0 Å². The van der Waals surface area contributed by atoms with Gasteiger partial charge in [0.25, 0.3) is 0 Å². The molecule has 2 aliphatic rings. The highest BCUT2D eigenvalue weighted by atomic mass is 32.1. The molecule has 3 heterocycles. The Morgan fingerprint density at radius 2 is 2.25 bits per heavy atom. The summed E-state index contributed by atoms with van der Waals surface area (Å²) in [4.78, 5) is 8.65. The summed E-state index contributed by atoms with van der Waals surface area (Å²) >= 11 is 1.74. The second-order valence-corrected chi connectivity index (χ2v) is 8.01.